The highest BCUT2D eigenvalue weighted by Crippen LogP contribution is 2.32. The van der Waals surface area contributed by atoms with Crippen molar-refractivity contribution in [2.75, 3.05) is 0 Å². The molecule has 0 fully saturated rings. The molecule has 6 heteroatoms. The molecule has 0 spiro atoms. The summed E-state index contributed by atoms with van der Waals surface area (Å²) in [4.78, 5) is 12.4. The van der Waals surface area contributed by atoms with Crippen molar-refractivity contribution in [2.24, 2.45) is 12.2 Å². The van der Waals surface area contributed by atoms with E-state index in [1.165, 1.54) is 10.9 Å². The summed E-state index contributed by atoms with van der Waals surface area (Å²) in [6, 6.07) is 17.8. The van der Waals surface area contributed by atoms with Gasteiger partial charge in [0.2, 0.25) is 0 Å². The minimum Gasteiger partial charge on any atom is -0.411 e. The van der Waals surface area contributed by atoms with Crippen LogP contribution in [0, 0.1) is 6.92 Å². The van der Waals surface area contributed by atoms with E-state index in [4.69, 9.17) is 0 Å². The van der Waals surface area contributed by atoms with Crippen LogP contribution in [0.15, 0.2) is 75.2 Å². The van der Waals surface area contributed by atoms with Crippen molar-refractivity contribution in [3.63, 3.8) is 0 Å². The minimum atomic E-state index is -0.287. The van der Waals surface area contributed by atoms with Crippen LogP contribution < -0.4 is 5.56 Å². The average molecular weight is 426 g/mol. The van der Waals surface area contributed by atoms with E-state index in [1.807, 2.05) is 36.4 Å². The molecule has 1 heterocycles. The highest BCUT2D eigenvalue weighted by Gasteiger charge is 2.22. The lowest BCUT2D eigenvalue weighted by Gasteiger charge is -2.21. The van der Waals surface area contributed by atoms with Crippen LogP contribution in [0.4, 0.5) is 0 Å². The van der Waals surface area contributed by atoms with Gasteiger partial charge in [0.25, 0.3) is 5.56 Å². The second-order valence-electron chi connectivity index (χ2n) is 6.39. The molecule has 1 aromatic heterocycles. The van der Waals surface area contributed by atoms with E-state index in [1.54, 1.807) is 13.1 Å². The van der Waals surface area contributed by atoms with Crippen LogP contribution in [0.3, 0.4) is 0 Å². The Hall–Kier alpha value is -2.73. The molecule has 0 amide bonds. The van der Waals surface area contributed by atoms with Gasteiger partial charge in [-0.2, -0.15) is 5.10 Å². The van der Waals surface area contributed by atoms with Crippen molar-refractivity contribution in [3.05, 3.63) is 97.9 Å². The van der Waals surface area contributed by atoms with Gasteiger partial charge in [-0.05, 0) is 41.8 Å². The molecule has 0 aliphatic heterocycles. The van der Waals surface area contributed by atoms with Crippen molar-refractivity contribution < 1.29 is 5.21 Å². The fourth-order valence-corrected chi connectivity index (χ4v) is 3.47. The SMILES string of the molecule is Cc1ccccc1C(C/C(=N/O)c1ccnn(C)c1=O)c1ccc(Br)cc1. The molecule has 0 bridgehead atoms. The Morgan fingerprint density at radius 1 is 1.19 bits per heavy atom. The summed E-state index contributed by atoms with van der Waals surface area (Å²) in [5.74, 6) is -0.0527. The Balaban J connectivity index is 2.08. The van der Waals surface area contributed by atoms with Gasteiger partial charge in [-0.15, -0.1) is 0 Å². The first-order valence-corrected chi connectivity index (χ1v) is 9.35. The van der Waals surface area contributed by atoms with Gasteiger partial charge in [-0.3, -0.25) is 4.79 Å². The standard InChI is InChI=1S/C21H20BrN3O2/c1-14-5-3-4-6-17(14)19(15-7-9-16(22)10-8-15)13-20(24-27)18-11-12-23-25(2)21(18)26/h3-12,19,27H,13H2,1-2H3/b24-20-. The van der Waals surface area contributed by atoms with Crippen LogP contribution in [-0.4, -0.2) is 20.7 Å². The molecule has 5 nitrogen and oxygen atoms in total. The Morgan fingerprint density at radius 2 is 1.89 bits per heavy atom. The molecule has 0 saturated heterocycles. The predicted octanol–water partition coefficient (Wildman–Crippen LogP) is 4.25. The van der Waals surface area contributed by atoms with Crippen LogP contribution in [0.25, 0.3) is 0 Å². The molecular formula is C21H20BrN3O2. The van der Waals surface area contributed by atoms with Crippen molar-refractivity contribution in [3.8, 4) is 0 Å². The molecule has 0 saturated carbocycles. The van der Waals surface area contributed by atoms with E-state index in [0.29, 0.717) is 17.7 Å². The van der Waals surface area contributed by atoms with Gasteiger partial charge in [-0.1, -0.05) is 57.5 Å². The lowest BCUT2D eigenvalue weighted by Crippen LogP contribution is -2.27. The van der Waals surface area contributed by atoms with E-state index in [0.717, 1.165) is 21.2 Å². The van der Waals surface area contributed by atoms with Gasteiger partial charge in [0.1, 0.15) is 0 Å². The van der Waals surface area contributed by atoms with Crippen molar-refractivity contribution in [2.45, 2.75) is 19.3 Å². The summed E-state index contributed by atoms with van der Waals surface area (Å²) in [6.45, 7) is 2.06. The van der Waals surface area contributed by atoms with E-state index in [-0.39, 0.29) is 11.5 Å². The van der Waals surface area contributed by atoms with Gasteiger partial charge in [0.05, 0.1) is 11.3 Å². The van der Waals surface area contributed by atoms with Gasteiger partial charge in [-0.25, -0.2) is 4.68 Å². The van der Waals surface area contributed by atoms with E-state index < -0.39 is 0 Å². The number of rotatable bonds is 5. The monoisotopic (exact) mass is 425 g/mol. The lowest BCUT2D eigenvalue weighted by molar-refractivity contribution is 0.317. The average Bonchev–Trinajstić information content (AvgIpc) is 2.67. The maximum absolute atomic E-state index is 12.4. The molecule has 0 radical (unpaired) electrons. The quantitative estimate of drug-likeness (QED) is 0.377. The van der Waals surface area contributed by atoms with E-state index in [9.17, 15) is 10.0 Å². The summed E-state index contributed by atoms with van der Waals surface area (Å²) < 4.78 is 2.23. The smallest absolute Gasteiger partial charge is 0.275 e. The van der Waals surface area contributed by atoms with Crippen molar-refractivity contribution in [1.82, 2.24) is 9.78 Å². The van der Waals surface area contributed by atoms with Crippen molar-refractivity contribution >= 4 is 21.6 Å². The first kappa shape index (κ1) is 19.0. The van der Waals surface area contributed by atoms with Gasteiger partial charge < -0.3 is 5.21 Å². The highest BCUT2D eigenvalue weighted by molar-refractivity contribution is 9.10. The number of hydrogen-bond acceptors (Lipinski definition) is 4. The molecule has 1 N–H and O–H groups in total. The lowest BCUT2D eigenvalue weighted by atomic mass is 9.83. The molecule has 1 atom stereocenters. The molecule has 138 valence electrons. The topological polar surface area (TPSA) is 67.5 Å². The summed E-state index contributed by atoms with van der Waals surface area (Å²) in [7, 11) is 1.58. The van der Waals surface area contributed by atoms with E-state index in [2.05, 4.69) is 45.2 Å². The molecule has 3 rings (SSSR count). The van der Waals surface area contributed by atoms with Gasteiger partial charge in [0.15, 0.2) is 0 Å². The number of nitrogens with zero attached hydrogens (tertiary/aromatic N) is 3. The predicted molar refractivity (Wildman–Crippen MR) is 110 cm³/mol. The third kappa shape index (κ3) is 4.17. The van der Waals surface area contributed by atoms with Gasteiger partial charge in [0, 0.05) is 30.1 Å². The molecular weight excluding hydrogens is 406 g/mol. The Kier molecular flexibility index (Phi) is 5.86. The number of aryl methyl sites for hydroxylation is 2. The second-order valence-corrected chi connectivity index (χ2v) is 7.30. The molecule has 0 aliphatic rings. The number of benzene rings is 2. The van der Waals surface area contributed by atoms with Gasteiger partial charge >= 0.3 is 0 Å². The fourth-order valence-electron chi connectivity index (χ4n) is 3.20. The first-order valence-electron chi connectivity index (χ1n) is 8.56. The maximum Gasteiger partial charge on any atom is 0.275 e. The largest absolute Gasteiger partial charge is 0.411 e. The van der Waals surface area contributed by atoms with E-state index >= 15 is 0 Å². The Bertz CT molecular complexity index is 1030. The molecule has 27 heavy (non-hydrogen) atoms. The van der Waals surface area contributed by atoms with Crippen LogP contribution in [-0.2, 0) is 7.05 Å². The summed E-state index contributed by atoms with van der Waals surface area (Å²) in [5.41, 5.74) is 3.77. The second kappa shape index (κ2) is 8.31. The van der Waals surface area contributed by atoms with Crippen molar-refractivity contribution in [1.29, 1.82) is 0 Å². The zero-order chi connectivity index (χ0) is 19.4. The minimum absolute atomic E-state index is 0.0527. The number of hydrogen-bond donors (Lipinski definition) is 1. The summed E-state index contributed by atoms with van der Waals surface area (Å²) in [6.07, 6.45) is 1.92. The van der Waals surface area contributed by atoms with Crippen LogP contribution in [0.5, 0.6) is 0 Å². The fraction of sp³-hybridized carbons (Fsp3) is 0.190. The highest BCUT2D eigenvalue weighted by atomic mass is 79.9. The number of aromatic nitrogens is 2. The zero-order valence-electron chi connectivity index (χ0n) is 15.1. The number of oxime groups is 1. The number of halogens is 1. The third-order valence-corrected chi connectivity index (χ3v) is 5.20. The molecule has 3 aromatic rings. The third-order valence-electron chi connectivity index (χ3n) is 4.67. The molecule has 0 aliphatic carbocycles. The van der Waals surface area contributed by atoms with Crippen LogP contribution in [0.1, 0.15) is 34.6 Å². The summed E-state index contributed by atoms with van der Waals surface area (Å²) in [5, 5.41) is 17.1. The molecule has 1 unspecified atom stereocenters. The Morgan fingerprint density at radius 3 is 2.56 bits per heavy atom. The molecule has 2 aromatic carbocycles. The maximum atomic E-state index is 12.4. The Labute approximate surface area is 166 Å². The van der Waals surface area contributed by atoms with Crippen LogP contribution in [0.2, 0.25) is 0 Å². The normalized spacial score (nSPS) is 12.8. The van der Waals surface area contributed by atoms with Crippen LogP contribution >= 0.6 is 15.9 Å². The zero-order valence-corrected chi connectivity index (χ0v) is 16.7. The summed E-state index contributed by atoms with van der Waals surface area (Å²) >= 11 is 3.47. The first-order chi connectivity index (χ1) is 13.0.